The Hall–Kier alpha value is -2.31. The molecule has 1 amide bonds. The summed E-state index contributed by atoms with van der Waals surface area (Å²) in [6.45, 7) is 3.22. The second kappa shape index (κ2) is 6.43. The van der Waals surface area contributed by atoms with Crippen molar-refractivity contribution in [3.63, 3.8) is 0 Å². The van der Waals surface area contributed by atoms with Gasteiger partial charge in [0, 0.05) is 25.2 Å². The largest absolute Gasteiger partial charge is 0.388 e. The van der Waals surface area contributed by atoms with E-state index in [1.165, 1.54) is 12.4 Å². The zero-order valence-electron chi connectivity index (χ0n) is 10.1. The molecule has 0 fully saturated rings. The molecule has 0 aromatic carbocycles. The Morgan fingerprint density at radius 2 is 1.83 bits per heavy atom. The van der Waals surface area contributed by atoms with Gasteiger partial charge in [-0.25, -0.2) is 14.8 Å². The van der Waals surface area contributed by atoms with E-state index in [1.807, 2.05) is 0 Å². The number of ether oxygens (including phenoxy) is 1. The van der Waals surface area contributed by atoms with E-state index in [2.05, 4.69) is 20.0 Å². The Morgan fingerprint density at radius 1 is 1.17 bits per heavy atom. The number of amides is 1. The average molecular weight is 251 g/mol. The number of anilines is 1. The first-order chi connectivity index (χ1) is 8.58. The summed E-state index contributed by atoms with van der Waals surface area (Å²) < 4.78 is 4.51. The first-order valence-electron chi connectivity index (χ1n) is 5.44. The summed E-state index contributed by atoms with van der Waals surface area (Å²) in [7, 11) is 0. The molecule has 96 valence electrons. The van der Waals surface area contributed by atoms with E-state index in [4.69, 9.17) is 0 Å². The second-order valence-electron chi connectivity index (χ2n) is 3.27. The summed E-state index contributed by atoms with van der Waals surface area (Å²) >= 11 is 0. The summed E-state index contributed by atoms with van der Waals surface area (Å²) in [4.78, 5) is 41.4. The number of hydrogen-bond acceptors (Lipinski definition) is 6. The SMILES string of the molecule is CCC(=O)Nc1nccnc1C(=O)OC(=O)CC. The van der Waals surface area contributed by atoms with E-state index in [0.717, 1.165) is 0 Å². The number of rotatable bonds is 4. The molecule has 0 unspecified atom stereocenters. The maximum Gasteiger partial charge on any atom is 0.368 e. The van der Waals surface area contributed by atoms with Gasteiger partial charge in [-0.2, -0.15) is 0 Å². The molecule has 0 saturated carbocycles. The fraction of sp³-hybridized carbons (Fsp3) is 0.364. The average Bonchev–Trinajstić information content (AvgIpc) is 2.38. The lowest BCUT2D eigenvalue weighted by Crippen LogP contribution is -2.19. The van der Waals surface area contributed by atoms with Crippen molar-refractivity contribution >= 4 is 23.7 Å². The number of carbonyl (C=O) groups excluding carboxylic acids is 3. The zero-order valence-corrected chi connectivity index (χ0v) is 10.1. The third kappa shape index (κ3) is 3.62. The molecule has 1 rings (SSSR count). The lowest BCUT2D eigenvalue weighted by molar-refractivity contribution is -0.137. The molecular weight excluding hydrogens is 238 g/mol. The van der Waals surface area contributed by atoms with Gasteiger partial charge in [0.2, 0.25) is 5.91 Å². The van der Waals surface area contributed by atoms with Crippen LogP contribution in [0.4, 0.5) is 5.82 Å². The summed E-state index contributed by atoms with van der Waals surface area (Å²) in [6, 6.07) is 0. The fourth-order valence-corrected chi connectivity index (χ4v) is 1.02. The predicted octanol–water partition coefficient (Wildman–Crippen LogP) is 0.918. The third-order valence-corrected chi connectivity index (χ3v) is 1.97. The van der Waals surface area contributed by atoms with Crippen molar-refractivity contribution in [2.24, 2.45) is 0 Å². The monoisotopic (exact) mass is 251 g/mol. The number of hydrogen-bond donors (Lipinski definition) is 1. The van der Waals surface area contributed by atoms with Gasteiger partial charge < -0.3 is 10.1 Å². The Morgan fingerprint density at radius 3 is 2.44 bits per heavy atom. The fourth-order valence-electron chi connectivity index (χ4n) is 1.02. The van der Waals surface area contributed by atoms with Crippen molar-refractivity contribution in [3.05, 3.63) is 18.1 Å². The van der Waals surface area contributed by atoms with Crippen molar-refractivity contribution in [1.29, 1.82) is 0 Å². The van der Waals surface area contributed by atoms with Crippen LogP contribution in [0.2, 0.25) is 0 Å². The number of esters is 2. The summed E-state index contributed by atoms with van der Waals surface area (Å²) in [6.07, 6.45) is 2.90. The molecule has 0 aliphatic carbocycles. The number of aromatic nitrogens is 2. The number of nitrogens with one attached hydrogen (secondary N) is 1. The molecule has 0 saturated heterocycles. The molecule has 1 heterocycles. The summed E-state index contributed by atoms with van der Waals surface area (Å²) in [5.41, 5.74) is -0.193. The van der Waals surface area contributed by atoms with Gasteiger partial charge in [0.25, 0.3) is 0 Å². The number of nitrogens with zero attached hydrogens (tertiary/aromatic N) is 2. The van der Waals surface area contributed by atoms with Crippen LogP contribution in [-0.2, 0) is 14.3 Å². The van der Waals surface area contributed by atoms with Crippen molar-refractivity contribution in [1.82, 2.24) is 9.97 Å². The van der Waals surface area contributed by atoms with E-state index in [0.29, 0.717) is 0 Å². The summed E-state index contributed by atoms with van der Waals surface area (Å²) in [5, 5.41) is 2.41. The van der Waals surface area contributed by atoms with Gasteiger partial charge in [-0.15, -0.1) is 0 Å². The second-order valence-corrected chi connectivity index (χ2v) is 3.27. The minimum Gasteiger partial charge on any atom is -0.388 e. The van der Waals surface area contributed by atoms with Gasteiger partial charge in [-0.05, 0) is 0 Å². The molecule has 0 atom stereocenters. The molecule has 0 radical (unpaired) electrons. The van der Waals surface area contributed by atoms with Crippen LogP contribution in [0, 0.1) is 0 Å². The predicted molar refractivity (Wildman–Crippen MR) is 61.7 cm³/mol. The molecule has 0 spiro atoms. The molecule has 7 nitrogen and oxygen atoms in total. The molecule has 0 bridgehead atoms. The molecule has 0 aliphatic rings. The van der Waals surface area contributed by atoms with Crippen molar-refractivity contribution < 1.29 is 19.1 Å². The van der Waals surface area contributed by atoms with E-state index < -0.39 is 11.9 Å². The Bertz CT molecular complexity index is 473. The molecule has 1 aromatic heterocycles. The van der Waals surface area contributed by atoms with E-state index in [1.54, 1.807) is 13.8 Å². The van der Waals surface area contributed by atoms with Gasteiger partial charge in [0.1, 0.15) is 0 Å². The van der Waals surface area contributed by atoms with Crippen LogP contribution >= 0.6 is 0 Å². The first-order valence-corrected chi connectivity index (χ1v) is 5.44. The molecule has 0 aliphatic heterocycles. The Labute approximate surface area is 104 Å². The lowest BCUT2D eigenvalue weighted by atomic mass is 10.3. The van der Waals surface area contributed by atoms with Crippen molar-refractivity contribution in [3.8, 4) is 0 Å². The van der Waals surface area contributed by atoms with Gasteiger partial charge in [-0.1, -0.05) is 13.8 Å². The van der Waals surface area contributed by atoms with Crippen LogP contribution in [0.15, 0.2) is 12.4 Å². The molecule has 1 N–H and O–H groups in total. The van der Waals surface area contributed by atoms with Crippen molar-refractivity contribution in [2.75, 3.05) is 5.32 Å². The van der Waals surface area contributed by atoms with Crippen LogP contribution in [0.5, 0.6) is 0 Å². The van der Waals surface area contributed by atoms with Crippen molar-refractivity contribution in [2.45, 2.75) is 26.7 Å². The highest BCUT2D eigenvalue weighted by atomic mass is 16.6. The standard InChI is InChI=1S/C11H13N3O4/c1-3-7(15)14-10-9(12-5-6-13-10)11(17)18-8(16)4-2/h5-6H,3-4H2,1-2H3,(H,13,14,15). The van der Waals surface area contributed by atoms with Crippen LogP contribution in [0.3, 0.4) is 0 Å². The summed E-state index contributed by atoms with van der Waals surface area (Å²) in [5.74, 6) is -1.93. The Kier molecular flexibility index (Phi) is 4.91. The van der Waals surface area contributed by atoms with E-state index in [-0.39, 0.29) is 30.3 Å². The molecule has 18 heavy (non-hydrogen) atoms. The highest BCUT2D eigenvalue weighted by Crippen LogP contribution is 2.10. The lowest BCUT2D eigenvalue weighted by Gasteiger charge is -2.06. The quantitative estimate of drug-likeness (QED) is 0.631. The Balaban J connectivity index is 2.91. The highest BCUT2D eigenvalue weighted by Gasteiger charge is 2.19. The maximum atomic E-state index is 11.6. The molecule has 7 heteroatoms. The minimum absolute atomic E-state index is 0.0155. The van der Waals surface area contributed by atoms with Gasteiger partial charge in [-0.3, -0.25) is 9.59 Å². The molecule has 1 aromatic rings. The minimum atomic E-state index is -0.929. The number of carbonyl (C=O) groups is 3. The first kappa shape index (κ1) is 13.8. The molecular formula is C11H13N3O4. The highest BCUT2D eigenvalue weighted by molar-refractivity contribution is 6.01. The topological polar surface area (TPSA) is 98.2 Å². The van der Waals surface area contributed by atoms with E-state index in [9.17, 15) is 14.4 Å². The zero-order chi connectivity index (χ0) is 13.5. The smallest absolute Gasteiger partial charge is 0.368 e. The van der Waals surface area contributed by atoms with Crippen LogP contribution in [0.1, 0.15) is 37.2 Å². The van der Waals surface area contributed by atoms with Crippen LogP contribution < -0.4 is 5.32 Å². The van der Waals surface area contributed by atoms with Crippen LogP contribution in [-0.4, -0.2) is 27.8 Å². The maximum absolute atomic E-state index is 11.6. The van der Waals surface area contributed by atoms with Crippen LogP contribution in [0.25, 0.3) is 0 Å². The van der Waals surface area contributed by atoms with Gasteiger partial charge in [0.05, 0.1) is 0 Å². The van der Waals surface area contributed by atoms with E-state index >= 15 is 0 Å². The van der Waals surface area contributed by atoms with Gasteiger partial charge >= 0.3 is 11.9 Å². The third-order valence-electron chi connectivity index (χ3n) is 1.97. The van der Waals surface area contributed by atoms with Gasteiger partial charge in [0.15, 0.2) is 11.5 Å². The normalized spacial score (nSPS) is 9.67.